The highest BCUT2D eigenvalue weighted by atomic mass is 16.2. The minimum atomic E-state index is -0.122. The van der Waals surface area contributed by atoms with Crippen molar-refractivity contribution in [3.05, 3.63) is 29.8 Å². The first-order valence-electron chi connectivity index (χ1n) is 8.45. The summed E-state index contributed by atoms with van der Waals surface area (Å²) in [4.78, 5) is 14.4. The molecule has 1 saturated carbocycles. The predicted octanol–water partition coefficient (Wildman–Crippen LogP) is 3.97. The lowest BCUT2D eigenvalue weighted by atomic mass is 10.2. The molecule has 120 valence electrons. The lowest BCUT2D eigenvalue weighted by Crippen LogP contribution is -2.22. The Morgan fingerprint density at radius 3 is 2.18 bits per heavy atom. The van der Waals surface area contributed by atoms with E-state index in [0.29, 0.717) is 5.56 Å². The van der Waals surface area contributed by atoms with E-state index in [1.807, 2.05) is 24.3 Å². The van der Waals surface area contributed by atoms with Gasteiger partial charge in [0.05, 0.1) is 0 Å². The number of amides is 1. The van der Waals surface area contributed by atoms with E-state index in [4.69, 9.17) is 0 Å². The molecule has 0 saturated heterocycles. The lowest BCUT2D eigenvalue weighted by Gasteiger charge is -2.20. The number of hydrogen-bond donors (Lipinski definition) is 1. The molecule has 2 rings (SSSR count). The Morgan fingerprint density at radius 1 is 1.05 bits per heavy atom. The number of hydrazone groups is 1. The van der Waals surface area contributed by atoms with Gasteiger partial charge in [-0.25, -0.2) is 5.43 Å². The van der Waals surface area contributed by atoms with Gasteiger partial charge in [-0.2, -0.15) is 5.10 Å². The molecule has 0 radical (unpaired) electrons. The fourth-order valence-electron chi connectivity index (χ4n) is 2.86. The highest BCUT2D eigenvalue weighted by Gasteiger charge is 2.09. The van der Waals surface area contributed by atoms with Crippen molar-refractivity contribution < 1.29 is 4.79 Å². The molecule has 0 spiro atoms. The van der Waals surface area contributed by atoms with E-state index in [-0.39, 0.29) is 5.91 Å². The first-order valence-corrected chi connectivity index (χ1v) is 8.45. The van der Waals surface area contributed by atoms with Gasteiger partial charge in [0, 0.05) is 30.1 Å². The van der Waals surface area contributed by atoms with Gasteiger partial charge in [-0.1, -0.05) is 12.8 Å². The predicted molar refractivity (Wildman–Crippen MR) is 92.6 cm³/mol. The van der Waals surface area contributed by atoms with Crippen LogP contribution >= 0.6 is 0 Å². The Hall–Kier alpha value is -1.84. The second-order valence-corrected chi connectivity index (χ2v) is 5.75. The molecule has 1 N–H and O–H groups in total. The number of carbonyl (C=O) groups excluding carboxylic acids is 1. The zero-order valence-corrected chi connectivity index (χ0v) is 13.8. The molecule has 1 fully saturated rings. The van der Waals surface area contributed by atoms with E-state index < -0.39 is 0 Å². The van der Waals surface area contributed by atoms with Gasteiger partial charge in [0.15, 0.2) is 0 Å². The summed E-state index contributed by atoms with van der Waals surface area (Å²) in [5.74, 6) is -0.122. The van der Waals surface area contributed by atoms with Crippen molar-refractivity contribution in [2.45, 2.75) is 52.4 Å². The van der Waals surface area contributed by atoms with Crippen molar-refractivity contribution in [1.29, 1.82) is 0 Å². The summed E-state index contributed by atoms with van der Waals surface area (Å²) >= 11 is 0. The monoisotopic (exact) mass is 301 g/mol. The molecular weight excluding hydrogens is 274 g/mol. The highest BCUT2D eigenvalue weighted by Crippen LogP contribution is 2.16. The van der Waals surface area contributed by atoms with Crippen molar-refractivity contribution >= 4 is 17.3 Å². The van der Waals surface area contributed by atoms with Crippen molar-refractivity contribution in [3.8, 4) is 0 Å². The Labute approximate surface area is 133 Å². The quantitative estimate of drug-likeness (QED) is 0.660. The zero-order chi connectivity index (χ0) is 15.8. The van der Waals surface area contributed by atoms with E-state index in [1.54, 1.807) is 0 Å². The van der Waals surface area contributed by atoms with Gasteiger partial charge >= 0.3 is 0 Å². The van der Waals surface area contributed by atoms with E-state index >= 15 is 0 Å². The standard InChI is InChI=1S/C18H27N3O/c1-3-21(4-2)17-13-11-15(12-14-17)18(22)20-19-16-9-7-5-6-8-10-16/h11-14H,3-10H2,1-2H3,(H,20,22). The van der Waals surface area contributed by atoms with Crippen LogP contribution in [0.4, 0.5) is 5.69 Å². The van der Waals surface area contributed by atoms with Crippen LogP contribution in [0, 0.1) is 0 Å². The first kappa shape index (κ1) is 16.5. The molecule has 1 aliphatic carbocycles. The SMILES string of the molecule is CCN(CC)c1ccc(C(=O)NN=C2CCCCCC2)cc1. The Morgan fingerprint density at radius 2 is 1.64 bits per heavy atom. The van der Waals surface area contributed by atoms with Gasteiger partial charge in [0.1, 0.15) is 0 Å². The summed E-state index contributed by atoms with van der Waals surface area (Å²) in [5.41, 5.74) is 5.65. The van der Waals surface area contributed by atoms with E-state index in [9.17, 15) is 4.79 Å². The average Bonchev–Trinajstić information content (AvgIpc) is 2.83. The van der Waals surface area contributed by atoms with Crippen LogP contribution in [0.15, 0.2) is 29.4 Å². The molecule has 1 aromatic carbocycles. The molecule has 0 aliphatic heterocycles. The molecule has 1 aliphatic rings. The van der Waals surface area contributed by atoms with Gasteiger partial charge < -0.3 is 4.90 Å². The van der Waals surface area contributed by atoms with Crippen LogP contribution in [0.3, 0.4) is 0 Å². The molecule has 0 heterocycles. The number of nitrogens with zero attached hydrogens (tertiary/aromatic N) is 2. The third kappa shape index (κ3) is 4.58. The maximum atomic E-state index is 12.2. The first-order chi connectivity index (χ1) is 10.7. The fraction of sp³-hybridized carbons (Fsp3) is 0.556. The summed E-state index contributed by atoms with van der Waals surface area (Å²) < 4.78 is 0. The van der Waals surface area contributed by atoms with Crippen molar-refractivity contribution in [2.75, 3.05) is 18.0 Å². The number of rotatable bonds is 5. The summed E-state index contributed by atoms with van der Waals surface area (Å²) in [7, 11) is 0. The maximum absolute atomic E-state index is 12.2. The smallest absolute Gasteiger partial charge is 0.271 e. The molecule has 4 heteroatoms. The third-order valence-corrected chi connectivity index (χ3v) is 4.25. The highest BCUT2D eigenvalue weighted by molar-refractivity contribution is 5.95. The molecule has 0 bridgehead atoms. The normalized spacial score (nSPS) is 15.1. The number of nitrogens with one attached hydrogen (secondary N) is 1. The van der Waals surface area contributed by atoms with E-state index in [0.717, 1.165) is 37.3 Å². The van der Waals surface area contributed by atoms with Crippen LogP contribution < -0.4 is 10.3 Å². The number of carbonyl (C=O) groups is 1. The van der Waals surface area contributed by atoms with Gasteiger partial charge in [0.25, 0.3) is 5.91 Å². The van der Waals surface area contributed by atoms with Crippen LogP contribution in [-0.2, 0) is 0 Å². The third-order valence-electron chi connectivity index (χ3n) is 4.25. The van der Waals surface area contributed by atoms with Crippen LogP contribution in [-0.4, -0.2) is 24.7 Å². The second kappa shape index (κ2) is 8.57. The fourth-order valence-corrected chi connectivity index (χ4v) is 2.86. The molecular formula is C18H27N3O. The molecule has 0 aromatic heterocycles. The van der Waals surface area contributed by atoms with Crippen LogP contribution in [0.2, 0.25) is 0 Å². The number of hydrogen-bond acceptors (Lipinski definition) is 3. The molecule has 1 amide bonds. The van der Waals surface area contributed by atoms with Crippen molar-refractivity contribution in [3.63, 3.8) is 0 Å². The maximum Gasteiger partial charge on any atom is 0.271 e. The Bertz CT molecular complexity index is 494. The van der Waals surface area contributed by atoms with Crippen LogP contribution in [0.5, 0.6) is 0 Å². The van der Waals surface area contributed by atoms with E-state index in [1.165, 1.54) is 25.7 Å². The lowest BCUT2D eigenvalue weighted by molar-refractivity contribution is 0.0954. The van der Waals surface area contributed by atoms with Gasteiger partial charge in [0.2, 0.25) is 0 Å². The number of anilines is 1. The molecule has 0 atom stereocenters. The van der Waals surface area contributed by atoms with Gasteiger partial charge in [-0.3, -0.25) is 4.79 Å². The number of benzene rings is 1. The minimum absolute atomic E-state index is 0.122. The van der Waals surface area contributed by atoms with E-state index in [2.05, 4.69) is 29.3 Å². The Balaban J connectivity index is 1.96. The molecule has 4 nitrogen and oxygen atoms in total. The second-order valence-electron chi connectivity index (χ2n) is 5.75. The molecule has 0 unspecified atom stereocenters. The van der Waals surface area contributed by atoms with Crippen LogP contribution in [0.25, 0.3) is 0 Å². The van der Waals surface area contributed by atoms with Crippen molar-refractivity contribution in [1.82, 2.24) is 5.43 Å². The zero-order valence-electron chi connectivity index (χ0n) is 13.8. The molecule has 22 heavy (non-hydrogen) atoms. The average molecular weight is 301 g/mol. The summed E-state index contributed by atoms with van der Waals surface area (Å²) in [6, 6.07) is 7.74. The summed E-state index contributed by atoms with van der Waals surface area (Å²) in [6.45, 7) is 6.20. The largest absolute Gasteiger partial charge is 0.372 e. The van der Waals surface area contributed by atoms with Gasteiger partial charge in [-0.05, 0) is 63.8 Å². The topological polar surface area (TPSA) is 44.7 Å². The van der Waals surface area contributed by atoms with Crippen LogP contribution in [0.1, 0.15) is 62.7 Å². The summed E-state index contributed by atoms with van der Waals surface area (Å²) in [5, 5.41) is 4.32. The van der Waals surface area contributed by atoms with Crippen molar-refractivity contribution in [2.24, 2.45) is 5.10 Å². The van der Waals surface area contributed by atoms with Gasteiger partial charge in [-0.15, -0.1) is 0 Å². The minimum Gasteiger partial charge on any atom is -0.372 e. The Kier molecular flexibility index (Phi) is 6.44. The molecule has 1 aromatic rings. The summed E-state index contributed by atoms with van der Waals surface area (Å²) in [6.07, 6.45) is 6.96.